The molecular weight excluding hydrogens is 484 g/mol. The topological polar surface area (TPSA) is 25.8 Å². The van der Waals surface area contributed by atoms with Crippen molar-refractivity contribution in [2.24, 2.45) is 0 Å². The SMILES string of the molecule is Cc1ccc(-c2cccc(-c3c4ccccc4c(-c4ccc(-c5cnccc5C)cc4)c4ccccc34)c2)nc1. The molecule has 0 saturated carbocycles. The van der Waals surface area contributed by atoms with E-state index >= 15 is 0 Å². The predicted octanol–water partition coefficient (Wildman–Crippen LogP) is 10.1. The van der Waals surface area contributed by atoms with Gasteiger partial charge in [0.1, 0.15) is 0 Å². The lowest BCUT2D eigenvalue weighted by atomic mass is 9.85. The van der Waals surface area contributed by atoms with Crippen molar-refractivity contribution in [3.63, 3.8) is 0 Å². The maximum Gasteiger partial charge on any atom is 0.0702 e. The molecule has 0 spiro atoms. The predicted molar refractivity (Wildman–Crippen MR) is 168 cm³/mol. The first-order chi connectivity index (χ1) is 19.7. The Morgan fingerprint density at radius 3 is 1.68 bits per heavy atom. The minimum absolute atomic E-state index is 0.988. The van der Waals surface area contributed by atoms with Gasteiger partial charge in [-0.3, -0.25) is 9.97 Å². The Morgan fingerprint density at radius 1 is 0.475 bits per heavy atom. The summed E-state index contributed by atoms with van der Waals surface area (Å²) in [5, 5.41) is 5.00. The van der Waals surface area contributed by atoms with Crippen molar-refractivity contribution >= 4 is 21.5 Å². The van der Waals surface area contributed by atoms with Gasteiger partial charge in [0.05, 0.1) is 5.69 Å². The van der Waals surface area contributed by atoms with Gasteiger partial charge in [0.15, 0.2) is 0 Å². The number of aryl methyl sites for hydroxylation is 2. The Labute approximate surface area is 234 Å². The van der Waals surface area contributed by atoms with E-state index in [1.807, 2.05) is 18.6 Å². The number of nitrogens with zero attached hydrogens (tertiary/aromatic N) is 2. The van der Waals surface area contributed by atoms with Crippen LogP contribution < -0.4 is 0 Å². The molecular formula is C38H28N2. The third kappa shape index (κ3) is 4.15. The Morgan fingerprint density at radius 2 is 1.07 bits per heavy atom. The minimum atomic E-state index is 0.988. The second-order valence-corrected chi connectivity index (χ2v) is 10.4. The summed E-state index contributed by atoms with van der Waals surface area (Å²) in [5.74, 6) is 0. The maximum absolute atomic E-state index is 4.69. The van der Waals surface area contributed by atoms with Crippen LogP contribution in [0, 0.1) is 13.8 Å². The molecule has 2 aromatic heterocycles. The summed E-state index contributed by atoms with van der Waals surface area (Å²) in [5.41, 5.74) is 11.8. The van der Waals surface area contributed by atoms with Gasteiger partial charge in [-0.15, -0.1) is 0 Å². The molecule has 0 aliphatic rings. The normalized spacial score (nSPS) is 11.2. The van der Waals surface area contributed by atoms with Gasteiger partial charge < -0.3 is 0 Å². The lowest BCUT2D eigenvalue weighted by Crippen LogP contribution is -1.92. The zero-order valence-electron chi connectivity index (χ0n) is 22.6. The molecule has 40 heavy (non-hydrogen) atoms. The zero-order valence-corrected chi connectivity index (χ0v) is 22.6. The van der Waals surface area contributed by atoms with Gasteiger partial charge >= 0.3 is 0 Å². The van der Waals surface area contributed by atoms with Crippen molar-refractivity contribution in [1.82, 2.24) is 9.97 Å². The Balaban J connectivity index is 1.45. The molecule has 0 saturated heterocycles. The molecule has 2 heteroatoms. The first kappa shape index (κ1) is 24.0. The number of hydrogen-bond donors (Lipinski definition) is 0. The third-order valence-corrected chi connectivity index (χ3v) is 7.81. The smallest absolute Gasteiger partial charge is 0.0702 e. The highest BCUT2D eigenvalue weighted by Crippen LogP contribution is 2.44. The van der Waals surface area contributed by atoms with E-state index in [0.29, 0.717) is 0 Å². The van der Waals surface area contributed by atoms with Gasteiger partial charge in [0, 0.05) is 29.7 Å². The molecule has 0 aliphatic carbocycles. The van der Waals surface area contributed by atoms with Crippen molar-refractivity contribution in [2.75, 3.05) is 0 Å². The summed E-state index contributed by atoms with van der Waals surface area (Å²) in [6, 6.07) is 41.6. The molecule has 0 unspecified atom stereocenters. The molecule has 0 bridgehead atoms. The summed E-state index contributed by atoms with van der Waals surface area (Å²) < 4.78 is 0. The maximum atomic E-state index is 4.69. The van der Waals surface area contributed by atoms with E-state index in [1.165, 1.54) is 60.5 Å². The second-order valence-electron chi connectivity index (χ2n) is 10.4. The fourth-order valence-corrected chi connectivity index (χ4v) is 5.81. The van der Waals surface area contributed by atoms with Crippen molar-refractivity contribution in [3.8, 4) is 44.6 Å². The highest BCUT2D eigenvalue weighted by molar-refractivity contribution is 6.21. The Kier molecular flexibility index (Phi) is 5.94. The molecule has 0 fully saturated rings. The fraction of sp³-hybridized carbons (Fsp3) is 0.0526. The molecule has 0 amide bonds. The summed E-state index contributed by atoms with van der Waals surface area (Å²) in [7, 11) is 0. The number of rotatable bonds is 4. The van der Waals surface area contributed by atoms with Gasteiger partial charge in [0.25, 0.3) is 0 Å². The van der Waals surface area contributed by atoms with E-state index in [0.717, 1.165) is 16.8 Å². The summed E-state index contributed by atoms with van der Waals surface area (Å²) in [4.78, 5) is 9.04. The number of benzene rings is 5. The molecule has 7 aromatic rings. The van der Waals surface area contributed by atoms with Gasteiger partial charge in [0.2, 0.25) is 0 Å². The Bertz CT molecular complexity index is 1950. The van der Waals surface area contributed by atoms with Crippen LogP contribution >= 0.6 is 0 Å². The quantitative estimate of drug-likeness (QED) is 0.219. The fourth-order valence-electron chi connectivity index (χ4n) is 5.81. The molecule has 7 rings (SSSR count). The van der Waals surface area contributed by atoms with Crippen molar-refractivity contribution in [3.05, 3.63) is 145 Å². The van der Waals surface area contributed by atoms with Crippen LogP contribution in [-0.4, -0.2) is 9.97 Å². The van der Waals surface area contributed by atoms with Crippen LogP contribution in [0.15, 0.2) is 134 Å². The van der Waals surface area contributed by atoms with Crippen LogP contribution in [-0.2, 0) is 0 Å². The van der Waals surface area contributed by atoms with E-state index in [4.69, 9.17) is 4.98 Å². The summed E-state index contributed by atoms with van der Waals surface area (Å²) >= 11 is 0. The average molecular weight is 513 g/mol. The lowest BCUT2D eigenvalue weighted by molar-refractivity contribution is 1.27. The first-order valence-electron chi connectivity index (χ1n) is 13.7. The van der Waals surface area contributed by atoms with E-state index in [1.54, 1.807) is 0 Å². The monoisotopic (exact) mass is 512 g/mol. The standard InChI is InChI=1S/C38H28N2/c1-25-14-19-36(40-23-25)29-8-7-9-30(22-29)38-33-12-5-3-10-31(33)37(32-11-4-6-13-34(32)38)28-17-15-27(16-18-28)35-24-39-21-20-26(35)2/h3-24H,1-2H3. The van der Waals surface area contributed by atoms with Crippen molar-refractivity contribution in [2.45, 2.75) is 13.8 Å². The largest absolute Gasteiger partial charge is 0.264 e. The molecule has 0 N–H and O–H groups in total. The van der Waals surface area contributed by atoms with Gasteiger partial charge in [-0.05, 0) is 92.5 Å². The minimum Gasteiger partial charge on any atom is -0.264 e. The first-order valence-corrected chi connectivity index (χ1v) is 13.7. The molecule has 5 aromatic carbocycles. The molecule has 2 nitrogen and oxygen atoms in total. The Hall–Kier alpha value is -5.08. The number of hydrogen-bond acceptors (Lipinski definition) is 2. The van der Waals surface area contributed by atoms with Gasteiger partial charge in [-0.2, -0.15) is 0 Å². The highest BCUT2D eigenvalue weighted by atomic mass is 14.7. The highest BCUT2D eigenvalue weighted by Gasteiger charge is 2.17. The number of pyridine rings is 2. The van der Waals surface area contributed by atoms with Crippen LogP contribution in [0.5, 0.6) is 0 Å². The van der Waals surface area contributed by atoms with E-state index in [-0.39, 0.29) is 0 Å². The van der Waals surface area contributed by atoms with Crippen LogP contribution in [0.2, 0.25) is 0 Å². The summed E-state index contributed by atoms with van der Waals surface area (Å²) in [6.07, 6.45) is 5.73. The van der Waals surface area contributed by atoms with Crippen LogP contribution in [0.3, 0.4) is 0 Å². The molecule has 0 radical (unpaired) electrons. The van der Waals surface area contributed by atoms with E-state index < -0.39 is 0 Å². The second kappa shape index (κ2) is 9.91. The molecule has 0 aliphatic heterocycles. The zero-order chi connectivity index (χ0) is 27.1. The van der Waals surface area contributed by atoms with Crippen molar-refractivity contribution < 1.29 is 0 Å². The van der Waals surface area contributed by atoms with Crippen LogP contribution in [0.1, 0.15) is 11.1 Å². The lowest BCUT2D eigenvalue weighted by Gasteiger charge is -2.18. The molecule has 2 heterocycles. The average Bonchev–Trinajstić information content (AvgIpc) is 3.01. The van der Waals surface area contributed by atoms with Crippen LogP contribution in [0.25, 0.3) is 66.2 Å². The van der Waals surface area contributed by atoms with Gasteiger partial charge in [-0.25, -0.2) is 0 Å². The summed E-state index contributed by atoms with van der Waals surface area (Å²) in [6.45, 7) is 4.20. The van der Waals surface area contributed by atoms with E-state index in [2.05, 4.69) is 134 Å². The molecule has 0 atom stereocenters. The van der Waals surface area contributed by atoms with E-state index in [9.17, 15) is 0 Å². The number of fused-ring (bicyclic) bond motifs is 2. The van der Waals surface area contributed by atoms with Gasteiger partial charge in [-0.1, -0.05) is 97.1 Å². The van der Waals surface area contributed by atoms with Crippen LogP contribution in [0.4, 0.5) is 0 Å². The molecule has 190 valence electrons. The third-order valence-electron chi connectivity index (χ3n) is 7.81. The number of aromatic nitrogens is 2. The van der Waals surface area contributed by atoms with Crippen molar-refractivity contribution in [1.29, 1.82) is 0 Å².